The van der Waals surface area contributed by atoms with Gasteiger partial charge >= 0.3 is 0 Å². The van der Waals surface area contributed by atoms with E-state index < -0.39 is 20.0 Å². The Morgan fingerprint density at radius 1 is 0.643 bits per heavy atom. The van der Waals surface area contributed by atoms with E-state index in [2.05, 4.69) is 10.2 Å². The van der Waals surface area contributed by atoms with Gasteiger partial charge in [-0.05, 0) is 73.9 Å². The number of hydrogen-bond acceptors (Lipinski definition) is 6. The molecule has 224 valence electrons. The van der Waals surface area contributed by atoms with Gasteiger partial charge in [-0.2, -0.15) is 8.61 Å². The van der Waals surface area contributed by atoms with E-state index in [1.54, 1.807) is 57.1 Å². The van der Waals surface area contributed by atoms with Crippen molar-refractivity contribution in [3.63, 3.8) is 0 Å². The van der Waals surface area contributed by atoms with Gasteiger partial charge < -0.3 is 5.32 Å². The van der Waals surface area contributed by atoms with Crippen molar-refractivity contribution in [2.45, 2.75) is 48.9 Å². The van der Waals surface area contributed by atoms with Gasteiger partial charge in [0.05, 0.1) is 9.79 Å². The maximum absolute atomic E-state index is 13.0. The van der Waals surface area contributed by atoms with Crippen molar-refractivity contribution in [1.29, 1.82) is 0 Å². The van der Waals surface area contributed by atoms with Gasteiger partial charge in [0.1, 0.15) is 0 Å². The first-order valence-electron chi connectivity index (χ1n) is 14.4. The Morgan fingerprint density at radius 3 is 1.69 bits per heavy atom. The summed E-state index contributed by atoms with van der Waals surface area (Å²) in [6.07, 6.45) is 3.86. The number of aryl methyl sites for hydroxylation is 1. The van der Waals surface area contributed by atoms with Gasteiger partial charge in [-0.3, -0.25) is 9.69 Å². The lowest BCUT2D eigenvalue weighted by molar-refractivity contribution is 0.102. The molecule has 9 nitrogen and oxygen atoms in total. The standard InChI is InChI=1S/C31H38N4O5S2/c1-25-6-14-29(15-7-25)42(39,40)35-22-20-33(21-23-35)24-26-8-10-27(11-9-26)31(36)32-28-12-16-30(17-13-28)41(37,38)34-18-4-2-3-5-19-34/h6-17H,2-5,18-24H2,1H3,(H,32,36). The van der Waals surface area contributed by atoms with Crippen molar-refractivity contribution in [3.05, 3.63) is 89.5 Å². The van der Waals surface area contributed by atoms with Gasteiger partial charge in [0.2, 0.25) is 20.0 Å². The molecule has 0 bridgehead atoms. The highest BCUT2D eigenvalue weighted by Gasteiger charge is 2.28. The largest absolute Gasteiger partial charge is 0.322 e. The molecule has 5 rings (SSSR count). The zero-order chi connectivity index (χ0) is 29.7. The molecule has 0 aliphatic carbocycles. The van der Waals surface area contributed by atoms with Crippen molar-refractivity contribution in [1.82, 2.24) is 13.5 Å². The number of piperazine rings is 1. The second-order valence-electron chi connectivity index (χ2n) is 11.0. The number of amides is 1. The zero-order valence-electron chi connectivity index (χ0n) is 23.9. The van der Waals surface area contributed by atoms with E-state index in [4.69, 9.17) is 0 Å². The van der Waals surface area contributed by atoms with Crippen molar-refractivity contribution in [2.24, 2.45) is 0 Å². The second-order valence-corrected chi connectivity index (χ2v) is 14.9. The maximum atomic E-state index is 13.0. The third-order valence-corrected chi connectivity index (χ3v) is 11.8. The molecule has 0 spiro atoms. The van der Waals surface area contributed by atoms with Crippen molar-refractivity contribution in [2.75, 3.05) is 44.6 Å². The van der Waals surface area contributed by atoms with E-state index in [1.165, 1.54) is 0 Å². The summed E-state index contributed by atoms with van der Waals surface area (Å²) in [5.41, 5.74) is 3.07. The van der Waals surface area contributed by atoms with Gasteiger partial charge in [0, 0.05) is 57.1 Å². The lowest BCUT2D eigenvalue weighted by Crippen LogP contribution is -2.48. The molecule has 0 aromatic heterocycles. The Hall–Kier alpha value is -3.09. The smallest absolute Gasteiger partial charge is 0.255 e. The maximum Gasteiger partial charge on any atom is 0.255 e. The molecule has 1 N–H and O–H groups in total. The normalized spacial score (nSPS) is 17.9. The topological polar surface area (TPSA) is 107 Å². The summed E-state index contributed by atoms with van der Waals surface area (Å²) in [5, 5.41) is 2.84. The van der Waals surface area contributed by atoms with Crippen LogP contribution in [0.4, 0.5) is 5.69 Å². The summed E-state index contributed by atoms with van der Waals surface area (Å²) in [6.45, 7) is 5.77. The summed E-state index contributed by atoms with van der Waals surface area (Å²) < 4.78 is 55.1. The Labute approximate surface area is 249 Å². The predicted octanol–water partition coefficient (Wildman–Crippen LogP) is 4.32. The van der Waals surface area contributed by atoms with Crippen molar-refractivity contribution in [3.8, 4) is 0 Å². The number of rotatable bonds is 8. The lowest BCUT2D eigenvalue weighted by atomic mass is 10.1. The van der Waals surface area contributed by atoms with E-state index in [1.807, 2.05) is 31.2 Å². The SMILES string of the molecule is Cc1ccc(S(=O)(=O)N2CCN(Cc3ccc(C(=O)Nc4ccc(S(=O)(=O)N5CCCCCC5)cc4)cc3)CC2)cc1. The minimum Gasteiger partial charge on any atom is -0.322 e. The predicted molar refractivity (Wildman–Crippen MR) is 163 cm³/mol. The van der Waals surface area contributed by atoms with Crippen LogP contribution in [0.2, 0.25) is 0 Å². The molecule has 3 aromatic carbocycles. The number of nitrogens with one attached hydrogen (secondary N) is 1. The third kappa shape index (κ3) is 7.09. The molecule has 0 radical (unpaired) electrons. The van der Waals surface area contributed by atoms with Gasteiger partial charge in [-0.15, -0.1) is 0 Å². The number of nitrogens with zero attached hydrogens (tertiary/aromatic N) is 3. The van der Waals surface area contributed by atoms with Crippen molar-refractivity contribution >= 4 is 31.6 Å². The minimum absolute atomic E-state index is 0.236. The summed E-state index contributed by atoms with van der Waals surface area (Å²) in [6, 6.07) is 20.6. The first-order chi connectivity index (χ1) is 20.1. The Bertz CT molecular complexity index is 1570. The summed E-state index contributed by atoms with van der Waals surface area (Å²) in [4.78, 5) is 15.6. The Balaban J connectivity index is 1.13. The van der Waals surface area contributed by atoms with Crippen LogP contribution in [0.25, 0.3) is 0 Å². The van der Waals surface area contributed by atoms with Crippen LogP contribution in [-0.4, -0.2) is 75.5 Å². The Kier molecular flexibility index (Phi) is 9.44. The van der Waals surface area contributed by atoms with E-state index >= 15 is 0 Å². The van der Waals surface area contributed by atoms with Crippen LogP contribution in [-0.2, 0) is 26.6 Å². The summed E-state index contributed by atoms with van der Waals surface area (Å²) in [7, 11) is -7.04. The van der Waals surface area contributed by atoms with Crippen molar-refractivity contribution < 1.29 is 21.6 Å². The van der Waals surface area contributed by atoms with E-state index in [0.29, 0.717) is 62.0 Å². The fraction of sp³-hybridized carbons (Fsp3) is 0.387. The quantitative estimate of drug-likeness (QED) is 0.407. The highest BCUT2D eigenvalue weighted by Crippen LogP contribution is 2.23. The molecule has 2 heterocycles. The number of sulfonamides is 2. The zero-order valence-corrected chi connectivity index (χ0v) is 25.5. The average molecular weight is 611 g/mol. The number of benzene rings is 3. The van der Waals surface area contributed by atoms with Crippen LogP contribution in [0.5, 0.6) is 0 Å². The van der Waals surface area contributed by atoms with Crippen LogP contribution in [0.15, 0.2) is 82.6 Å². The highest BCUT2D eigenvalue weighted by molar-refractivity contribution is 7.89. The summed E-state index contributed by atoms with van der Waals surface area (Å²) >= 11 is 0. The molecule has 42 heavy (non-hydrogen) atoms. The van der Waals surface area contributed by atoms with E-state index in [-0.39, 0.29) is 10.8 Å². The molecule has 0 saturated carbocycles. The molecule has 2 aliphatic heterocycles. The number of carbonyl (C=O) groups is 1. The molecular formula is C31H38N4O5S2. The molecule has 1 amide bonds. The van der Waals surface area contributed by atoms with Crippen LogP contribution >= 0.6 is 0 Å². The molecule has 2 aliphatic rings. The van der Waals surface area contributed by atoms with E-state index in [9.17, 15) is 21.6 Å². The third-order valence-electron chi connectivity index (χ3n) is 7.93. The van der Waals surface area contributed by atoms with Gasteiger partial charge in [-0.25, -0.2) is 16.8 Å². The summed E-state index contributed by atoms with van der Waals surface area (Å²) in [5.74, 6) is -0.278. The fourth-order valence-corrected chi connectivity index (χ4v) is 8.29. The molecule has 2 saturated heterocycles. The average Bonchev–Trinajstić information content (AvgIpc) is 3.29. The van der Waals surface area contributed by atoms with Crippen LogP contribution < -0.4 is 5.32 Å². The van der Waals surface area contributed by atoms with E-state index in [0.717, 1.165) is 36.8 Å². The number of carbonyl (C=O) groups excluding carboxylic acids is 1. The molecule has 0 atom stereocenters. The van der Waals surface area contributed by atoms with Crippen LogP contribution in [0.3, 0.4) is 0 Å². The highest BCUT2D eigenvalue weighted by atomic mass is 32.2. The molecule has 2 fully saturated rings. The van der Waals surface area contributed by atoms with Gasteiger partial charge in [-0.1, -0.05) is 42.7 Å². The molecule has 11 heteroatoms. The number of anilines is 1. The molecule has 3 aromatic rings. The molecule has 0 unspecified atom stereocenters. The first kappa shape index (κ1) is 30.4. The fourth-order valence-electron chi connectivity index (χ4n) is 5.35. The first-order valence-corrected chi connectivity index (χ1v) is 17.3. The lowest BCUT2D eigenvalue weighted by Gasteiger charge is -2.34. The van der Waals surface area contributed by atoms with Gasteiger partial charge in [0.15, 0.2) is 0 Å². The van der Waals surface area contributed by atoms with Gasteiger partial charge in [0.25, 0.3) is 5.91 Å². The molecular weight excluding hydrogens is 572 g/mol. The Morgan fingerprint density at radius 2 is 1.14 bits per heavy atom. The van der Waals surface area contributed by atoms with Crippen LogP contribution in [0.1, 0.15) is 47.2 Å². The minimum atomic E-state index is -3.54. The second kappa shape index (κ2) is 13.0. The monoisotopic (exact) mass is 610 g/mol. The van der Waals surface area contributed by atoms with Crippen LogP contribution in [0, 0.1) is 6.92 Å². The number of hydrogen-bond donors (Lipinski definition) is 1.